The number of carbonyl (C=O) groups excluding carboxylic acids is 1. The molecule has 0 saturated carbocycles. The van der Waals surface area contributed by atoms with Crippen molar-refractivity contribution >= 4 is 5.97 Å². The van der Waals surface area contributed by atoms with Gasteiger partial charge in [0.25, 0.3) is 0 Å². The third-order valence-corrected chi connectivity index (χ3v) is 2.04. The van der Waals surface area contributed by atoms with Crippen LogP contribution in [0.2, 0.25) is 0 Å². The molecule has 0 N–H and O–H groups in total. The Balaban J connectivity index is 2.39. The summed E-state index contributed by atoms with van der Waals surface area (Å²) in [5, 5.41) is 0. The van der Waals surface area contributed by atoms with E-state index in [-0.39, 0.29) is 18.0 Å². The summed E-state index contributed by atoms with van der Waals surface area (Å²) in [5.41, 5.74) is 0. The maximum Gasteiger partial charge on any atom is 0.308 e. The third kappa shape index (κ3) is 2.07. The van der Waals surface area contributed by atoms with Crippen molar-refractivity contribution in [1.82, 2.24) is 0 Å². The molecule has 1 saturated heterocycles. The van der Waals surface area contributed by atoms with Gasteiger partial charge < -0.3 is 4.74 Å². The SMILES string of the molecule is C=CCC1CCC(C)C(=O)O1. The molecule has 2 unspecified atom stereocenters. The first-order chi connectivity index (χ1) is 5.24. The lowest BCUT2D eigenvalue weighted by atomic mass is 9.98. The van der Waals surface area contributed by atoms with Crippen molar-refractivity contribution in [2.75, 3.05) is 0 Å². The van der Waals surface area contributed by atoms with E-state index in [1.807, 2.05) is 6.92 Å². The summed E-state index contributed by atoms with van der Waals surface area (Å²) in [6, 6.07) is 0. The molecule has 62 valence electrons. The minimum atomic E-state index is -0.0527. The zero-order valence-corrected chi connectivity index (χ0v) is 6.88. The van der Waals surface area contributed by atoms with Crippen LogP contribution in [0.25, 0.3) is 0 Å². The summed E-state index contributed by atoms with van der Waals surface area (Å²) in [5.74, 6) is 0.0409. The highest BCUT2D eigenvalue weighted by atomic mass is 16.5. The van der Waals surface area contributed by atoms with Crippen molar-refractivity contribution in [2.24, 2.45) is 5.92 Å². The van der Waals surface area contributed by atoms with Crippen molar-refractivity contribution < 1.29 is 9.53 Å². The molecule has 0 amide bonds. The first-order valence-electron chi connectivity index (χ1n) is 4.05. The van der Waals surface area contributed by atoms with E-state index in [1.54, 1.807) is 6.08 Å². The molecule has 2 nitrogen and oxygen atoms in total. The van der Waals surface area contributed by atoms with Gasteiger partial charge in [-0.1, -0.05) is 13.0 Å². The Bertz CT molecular complexity index is 163. The standard InChI is InChI=1S/C9H14O2/c1-3-4-8-6-5-7(2)9(10)11-8/h3,7-8H,1,4-6H2,2H3. The van der Waals surface area contributed by atoms with E-state index in [0.29, 0.717) is 0 Å². The van der Waals surface area contributed by atoms with E-state index < -0.39 is 0 Å². The normalized spacial score (nSPS) is 31.2. The minimum Gasteiger partial charge on any atom is -0.462 e. The Morgan fingerprint density at radius 3 is 3.00 bits per heavy atom. The Hall–Kier alpha value is -0.790. The fraction of sp³-hybridized carbons (Fsp3) is 0.667. The average Bonchev–Trinajstić information content (AvgIpc) is 1.98. The van der Waals surface area contributed by atoms with Crippen LogP contribution in [-0.4, -0.2) is 12.1 Å². The fourth-order valence-corrected chi connectivity index (χ4v) is 1.24. The van der Waals surface area contributed by atoms with Gasteiger partial charge in [-0.05, 0) is 12.8 Å². The maximum atomic E-state index is 11.0. The summed E-state index contributed by atoms with van der Waals surface area (Å²) in [6.45, 7) is 5.52. The minimum absolute atomic E-state index is 0.0527. The first kappa shape index (κ1) is 8.31. The molecule has 0 aliphatic carbocycles. The molecule has 1 rings (SSSR count). The van der Waals surface area contributed by atoms with Gasteiger partial charge in [0.2, 0.25) is 0 Å². The second kappa shape index (κ2) is 3.56. The summed E-state index contributed by atoms with van der Waals surface area (Å²) in [6.07, 6.45) is 4.62. The lowest BCUT2D eigenvalue weighted by Gasteiger charge is -2.25. The number of hydrogen-bond acceptors (Lipinski definition) is 2. The van der Waals surface area contributed by atoms with Crippen molar-refractivity contribution in [3.63, 3.8) is 0 Å². The van der Waals surface area contributed by atoms with Crippen LogP contribution in [0.4, 0.5) is 0 Å². The van der Waals surface area contributed by atoms with Crippen molar-refractivity contribution in [1.29, 1.82) is 0 Å². The fourth-order valence-electron chi connectivity index (χ4n) is 1.24. The van der Waals surface area contributed by atoms with Gasteiger partial charge in [0, 0.05) is 6.42 Å². The van der Waals surface area contributed by atoms with E-state index >= 15 is 0 Å². The second-order valence-corrected chi connectivity index (χ2v) is 3.06. The van der Waals surface area contributed by atoms with Gasteiger partial charge in [-0.15, -0.1) is 6.58 Å². The van der Waals surface area contributed by atoms with Gasteiger partial charge in [0.05, 0.1) is 5.92 Å². The Morgan fingerprint density at radius 1 is 1.73 bits per heavy atom. The van der Waals surface area contributed by atoms with Gasteiger partial charge >= 0.3 is 5.97 Å². The van der Waals surface area contributed by atoms with Crippen LogP contribution in [0.3, 0.4) is 0 Å². The molecule has 0 aromatic heterocycles. The molecule has 1 fully saturated rings. The Kier molecular flexibility index (Phi) is 2.69. The van der Waals surface area contributed by atoms with Crippen LogP contribution in [-0.2, 0) is 9.53 Å². The second-order valence-electron chi connectivity index (χ2n) is 3.06. The zero-order chi connectivity index (χ0) is 8.27. The monoisotopic (exact) mass is 154 g/mol. The van der Waals surface area contributed by atoms with Crippen molar-refractivity contribution in [3.8, 4) is 0 Å². The maximum absolute atomic E-state index is 11.0. The van der Waals surface area contributed by atoms with Crippen LogP contribution in [0, 0.1) is 5.92 Å². The predicted octanol–water partition coefficient (Wildman–Crippen LogP) is 1.90. The van der Waals surface area contributed by atoms with Crippen LogP contribution in [0.5, 0.6) is 0 Å². The predicted molar refractivity (Wildman–Crippen MR) is 43.1 cm³/mol. The third-order valence-electron chi connectivity index (χ3n) is 2.04. The van der Waals surface area contributed by atoms with Gasteiger partial charge in [-0.2, -0.15) is 0 Å². The number of esters is 1. The first-order valence-corrected chi connectivity index (χ1v) is 4.05. The number of cyclic esters (lactones) is 1. The highest BCUT2D eigenvalue weighted by Crippen LogP contribution is 2.21. The van der Waals surface area contributed by atoms with Crippen LogP contribution in [0.1, 0.15) is 26.2 Å². The molecular formula is C9H14O2. The summed E-state index contributed by atoms with van der Waals surface area (Å²) in [7, 11) is 0. The number of hydrogen-bond donors (Lipinski definition) is 0. The summed E-state index contributed by atoms with van der Waals surface area (Å²) in [4.78, 5) is 11.0. The Morgan fingerprint density at radius 2 is 2.45 bits per heavy atom. The van der Waals surface area contributed by atoms with E-state index in [4.69, 9.17) is 4.74 Å². The highest BCUT2D eigenvalue weighted by Gasteiger charge is 2.25. The molecule has 0 radical (unpaired) electrons. The number of rotatable bonds is 2. The van der Waals surface area contributed by atoms with Crippen LogP contribution < -0.4 is 0 Å². The average molecular weight is 154 g/mol. The molecule has 11 heavy (non-hydrogen) atoms. The Labute approximate surface area is 67.2 Å². The lowest BCUT2D eigenvalue weighted by molar-refractivity contribution is -0.159. The number of carbonyl (C=O) groups is 1. The molecule has 1 aliphatic rings. The summed E-state index contributed by atoms with van der Waals surface area (Å²) >= 11 is 0. The molecule has 1 heterocycles. The molecular weight excluding hydrogens is 140 g/mol. The van der Waals surface area contributed by atoms with Gasteiger partial charge in [-0.25, -0.2) is 0 Å². The molecule has 0 aromatic rings. The molecule has 0 bridgehead atoms. The van der Waals surface area contributed by atoms with E-state index in [9.17, 15) is 4.79 Å². The molecule has 2 atom stereocenters. The molecule has 0 aromatic carbocycles. The van der Waals surface area contributed by atoms with Crippen molar-refractivity contribution in [3.05, 3.63) is 12.7 Å². The van der Waals surface area contributed by atoms with E-state index in [0.717, 1.165) is 19.3 Å². The number of ether oxygens (including phenoxy) is 1. The smallest absolute Gasteiger partial charge is 0.308 e. The zero-order valence-electron chi connectivity index (χ0n) is 6.88. The molecule has 1 aliphatic heterocycles. The van der Waals surface area contributed by atoms with Gasteiger partial charge in [-0.3, -0.25) is 4.79 Å². The van der Waals surface area contributed by atoms with Crippen LogP contribution in [0.15, 0.2) is 12.7 Å². The molecule has 2 heteroatoms. The van der Waals surface area contributed by atoms with E-state index in [1.165, 1.54) is 0 Å². The largest absolute Gasteiger partial charge is 0.462 e. The highest BCUT2D eigenvalue weighted by molar-refractivity contribution is 5.72. The molecule has 0 spiro atoms. The van der Waals surface area contributed by atoms with Crippen molar-refractivity contribution in [2.45, 2.75) is 32.3 Å². The van der Waals surface area contributed by atoms with Gasteiger partial charge in [0.1, 0.15) is 6.10 Å². The quantitative estimate of drug-likeness (QED) is 0.448. The topological polar surface area (TPSA) is 26.3 Å². The lowest BCUT2D eigenvalue weighted by Crippen LogP contribution is -2.28. The summed E-state index contributed by atoms with van der Waals surface area (Å²) < 4.78 is 5.13. The van der Waals surface area contributed by atoms with Crippen LogP contribution >= 0.6 is 0 Å². The van der Waals surface area contributed by atoms with Gasteiger partial charge in [0.15, 0.2) is 0 Å². The van der Waals surface area contributed by atoms with E-state index in [2.05, 4.69) is 6.58 Å².